The predicted molar refractivity (Wildman–Crippen MR) is 73.2 cm³/mol. The molecule has 0 saturated carbocycles. The summed E-state index contributed by atoms with van der Waals surface area (Å²) in [6, 6.07) is 1.84. The molecular weight excluding hydrogens is 244 g/mol. The summed E-state index contributed by atoms with van der Waals surface area (Å²) < 4.78 is 7.14. The molecule has 0 aliphatic heterocycles. The summed E-state index contributed by atoms with van der Waals surface area (Å²) in [5.74, 6) is 0.381. The highest BCUT2D eigenvalue weighted by molar-refractivity contribution is 5.94. The van der Waals surface area contributed by atoms with E-state index in [1.54, 1.807) is 4.68 Å². The van der Waals surface area contributed by atoms with Crippen LogP contribution >= 0.6 is 0 Å². The fourth-order valence-corrected chi connectivity index (χ4v) is 1.83. The van der Waals surface area contributed by atoms with Crippen LogP contribution < -0.4 is 10.1 Å². The first-order valence-corrected chi connectivity index (χ1v) is 6.41. The molecule has 2 rings (SSSR count). The molecule has 1 amide bonds. The van der Waals surface area contributed by atoms with Crippen LogP contribution in [0.15, 0.2) is 12.3 Å². The Labute approximate surface area is 111 Å². The Morgan fingerprint density at radius 3 is 2.95 bits per heavy atom. The van der Waals surface area contributed by atoms with E-state index in [1.165, 1.54) is 0 Å². The van der Waals surface area contributed by atoms with E-state index in [0.29, 0.717) is 30.2 Å². The van der Waals surface area contributed by atoms with Gasteiger partial charge in [0.1, 0.15) is 5.69 Å². The molecule has 0 radical (unpaired) electrons. The maximum absolute atomic E-state index is 11.7. The quantitative estimate of drug-likeness (QED) is 0.896. The minimum absolute atomic E-state index is 0.0338. The molecule has 2 aromatic rings. The maximum atomic E-state index is 11.7. The Bertz CT molecular complexity index is 592. The van der Waals surface area contributed by atoms with Crippen LogP contribution in [-0.4, -0.2) is 27.3 Å². The first kappa shape index (κ1) is 13.3. The van der Waals surface area contributed by atoms with Gasteiger partial charge in [0.25, 0.3) is 0 Å². The zero-order chi connectivity index (χ0) is 13.8. The summed E-state index contributed by atoms with van der Waals surface area (Å²) in [4.78, 5) is 16.0. The molecule has 0 aliphatic carbocycles. The van der Waals surface area contributed by atoms with Crippen molar-refractivity contribution in [3.63, 3.8) is 0 Å². The lowest BCUT2D eigenvalue weighted by Gasteiger charge is -2.10. The fourth-order valence-electron chi connectivity index (χ4n) is 1.83. The summed E-state index contributed by atoms with van der Waals surface area (Å²) in [7, 11) is 1.83. The van der Waals surface area contributed by atoms with Crippen molar-refractivity contribution in [1.29, 1.82) is 0 Å². The standard InChI is InChI=1S/C13H18N4O2/c1-4-6-11(18)14-10-7-9-8-17(3)16-12(9)15-13(10)19-5-2/h7-8H,4-6H2,1-3H3,(H,14,18). The van der Waals surface area contributed by atoms with Gasteiger partial charge in [0, 0.05) is 25.1 Å². The smallest absolute Gasteiger partial charge is 0.239 e. The number of nitrogens with one attached hydrogen (secondary N) is 1. The van der Waals surface area contributed by atoms with E-state index >= 15 is 0 Å². The Balaban J connectivity index is 2.37. The van der Waals surface area contributed by atoms with Gasteiger partial charge in [0.2, 0.25) is 11.8 Å². The molecule has 0 spiro atoms. The number of rotatable bonds is 5. The van der Waals surface area contributed by atoms with Gasteiger partial charge < -0.3 is 10.1 Å². The van der Waals surface area contributed by atoms with Crippen LogP contribution in [0.25, 0.3) is 11.0 Å². The van der Waals surface area contributed by atoms with E-state index in [2.05, 4.69) is 15.4 Å². The third-order valence-electron chi connectivity index (χ3n) is 2.61. The van der Waals surface area contributed by atoms with E-state index in [0.717, 1.165) is 11.8 Å². The summed E-state index contributed by atoms with van der Waals surface area (Å²) in [5.41, 5.74) is 1.21. The Morgan fingerprint density at radius 1 is 1.47 bits per heavy atom. The molecular formula is C13H18N4O2. The summed E-state index contributed by atoms with van der Waals surface area (Å²) in [6.45, 7) is 4.33. The lowest BCUT2D eigenvalue weighted by molar-refractivity contribution is -0.116. The van der Waals surface area contributed by atoms with E-state index in [4.69, 9.17) is 4.74 Å². The Morgan fingerprint density at radius 2 is 2.26 bits per heavy atom. The lowest BCUT2D eigenvalue weighted by atomic mass is 10.3. The largest absolute Gasteiger partial charge is 0.476 e. The van der Waals surface area contributed by atoms with Gasteiger partial charge in [-0.1, -0.05) is 6.92 Å². The molecule has 2 aromatic heterocycles. The van der Waals surface area contributed by atoms with E-state index in [1.807, 2.05) is 33.2 Å². The molecule has 6 heteroatoms. The van der Waals surface area contributed by atoms with E-state index in [9.17, 15) is 4.79 Å². The monoisotopic (exact) mass is 262 g/mol. The topological polar surface area (TPSA) is 69.0 Å². The van der Waals surface area contributed by atoms with Crippen molar-refractivity contribution in [2.75, 3.05) is 11.9 Å². The number of carbonyl (C=O) groups excluding carboxylic acids is 1. The predicted octanol–water partition coefficient (Wildman–Crippen LogP) is 2.11. The SMILES string of the molecule is CCCC(=O)Nc1cc2cn(C)nc2nc1OCC. The van der Waals surface area contributed by atoms with Crippen molar-refractivity contribution in [3.8, 4) is 5.88 Å². The maximum Gasteiger partial charge on any atom is 0.239 e. The van der Waals surface area contributed by atoms with Crippen molar-refractivity contribution < 1.29 is 9.53 Å². The van der Waals surface area contributed by atoms with Crippen LogP contribution in [-0.2, 0) is 11.8 Å². The van der Waals surface area contributed by atoms with Gasteiger partial charge in [-0.15, -0.1) is 0 Å². The first-order chi connectivity index (χ1) is 9.13. The van der Waals surface area contributed by atoms with Crippen LogP contribution in [0, 0.1) is 0 Å². The first-order valence-electron chi connectivity index (χ1n) is 6.41. The molecule has 6 nitrogen and oxygen atoms in total. The van der Waals surface area contributed by atoms with Gasteiger partial charge >= 0.3 is 0 Å². The van der Waals surface area contributed by atoms with Gasteiger partial charge in [-0.25, -0.2) is 0 Å². The second-order valence-electron chi connectivity index (χ2n) is 4.29. The highest BCUT2D eigenvalue weighted by Gasteiger charge is 2.12. The molecule has 102 valence electrons. The fraction of sp³-hybridized carbons (Fsp3) is 0.462. The van der Waals surface area contributed by atoms with Crippen LogP contribution in [0.1, 0.15) is 26.7 Å². The van der Waals surface area contributed by atoms with Crippen molar-refractivity contribution in [3.05, 3.63) is 12.3 Å². The van der Waals surface area contributed by atoms with E-state index in [-0.39, 0.29) is 5.91 Å². The zero-order valence-electron chi connectivity index (χ0n) is 11.4. The van der Waals surface area contributed by atoms with Gasteiger partial charge in [-0.05, 0) is 19.4 Å². The number of amides is 1. The summed E-state index contributed by atoms with van der Waals surface area (Å²) in [6.07, 6.45) is 3.14. The molecule has 0 aliphatic rings. The molecule has 0 saturated heterocycles. The van der Waals surface area contributed by atoms with Crippen molar-refractivity contribution in [2.24, 2.45) is 7.05 Å². The number of aryl methyl sites for hydroxylation is 1. The van der Waals surface area contributed by atoms with Crippen LogP contribution in [0.4, 0.5) is 5.69 Å². The lowest BCUT2D eigenvalue weighted by Crippen LogP contribution is -2.12. The highest BCUT2D eigenvalue weighted by Crippen LogP contribution is 2.26. The van der Waals surface area contributed by atoms with Crippen LogP contribution in [0.3, 0.4) is 0 Å². The Hall–Kier alpha value is -2.11. The van der Waals surface area contributed by atoms with Crippen molar-refractivity contribution >= 4 is 22.6 Å². The molecule has 0 fully saturated rings. The van der Waals surface area contributed by atoms with Gasteiger partial charge in [-0.3, -0.25) is 9.48 Å². The minimum Gasteiger partial charge on any atom is -0.476 e. The number of fused-ring (bicyclic) bond motifs is 1. The summed E-state index contributed by atoms with van der Waals surface area (Å²) >= 11 is 0. The zero-order valence-corrected chi connectivity index (χ0v) is 11.4. The molecule has 1 N–H and O–H groups in total. The number of ether oxygens (including phenoxy) is 1. The van der Waals surface area contributed by atoms with Gasteiger partial charge in [-0.2, -0.15) is 10.1 Å². The number of hydrogen-bond acceptors (Lipinski definition) is 4. The Kier molecular flexibility index (Phi) is 3.99. The normalized spacial score (nSPS) is 10.7. The number of aromatic nitrogens is 3. The van der Waals surface area contributed by atoms with E-state index < -0.39 is 0 Å². The minimum atomic E-state index is -0.0338. The van der Waals surface area contributed by atoms with Crippen molar-refractivity contribution in [1.82, 2.24) is 14.8 Å². The average molecular weight is 262 g/mol. The molecule has 0 bridgehead atoms. The number of anilines is 1. The number of nitrogens with zero attached hydrogens (tertiary/aromatic N) is 3. The van der Waals surface area contributed by atoms with Gasteiger partial charge in [0.15, 0.2) is 5.65 Å². The third kappa shape index (κ3) is 3.01. The van der Waals surface area contributed by atoms with Crippen LogP contribution in [0.2, 0.25) is 0 Å². The second-order valence-corrected chi connectivity index (χ2v) is 4.29. The van der Waals surface area contributed by atoms with Gasteiger partial charge in [0.05, 0.1) is 6.61 Å². The number of hydrogen-bond donors (Lipinski definition) is 1. The highest BCUT2D eigenvalue weighted by atomic mass is 16.5. The molecule has 0 aromatic carbocycles. The number of pyridine rings is 1. The molecule has 0 atom stereocenters. The molecule has 19 heavy (non-hydrogen) atoms. The average Bonchev–Trinajstić information content (AvgIpc) is 2.69. The molecule has 0 unspecified atom stereocenters. The van der Waals surface area contributed by atoms with Crippen molar-refractivity contribution in [2.45, 2.75) is 26.7 Å². The summed E-state index contributed by atoms with van der Waals surface area (Å²) in [5, 5.41) is 7.93. The molecule has 2 heterocycles. The third-order valence-corrected chi connectivity index (χ3v) is 2.61. The number of carbonyl (C=O) groups is 1. The van der Waals surface area contributed by atoms with Crippen LogP contribution in [0.5, 0.6) is 5.88 Å². The second kappa shape index (κ2) is 5.69.